The number of benzene rings is 1. The summed E-state index contributed by atoms with van der Waals surface area (Å²) in [5.74, 6) is -0.523. The fourth-order valence-corrected chi connectivity index (χ4v) is 2.13. The zero-order valence-electron chi connectivity index (χ0n) is 13.0. The topological polar surface area (TPSA) is 50.1 Å². The van der Waals surface area contributed by atoms with Gasteiger partial charge in [0.05, 0.1) is 22.9 Å². The highest BCUT2D eigenvalue weighted by atomic mass is 35.5. The molecule has 0 spiro atoms. The summed E-state index contributed by atoms with van der Waals surface area (Å²) in [7, 11) is 0. The highest BCUT2D eigenvalue weighted by Gasteiger charge is 2.14. The molecular weight excluding hydrogens is 305 g/mol. The average molecular weight is 326 g/mol. The Morgan fingerprint density at radius 3 is 2.73 bits per heavy atom. The molecule has 1 heterocycles. The number of nitrogens with zero attached hydrogens (tertiary/aromatic N) is 2. The van der Waals surface area contributed by atoms with Gasteiger partial charge in [-0.3, -0.25) is 4.68 Å². The first kappa shape index (κ1) is 16.9. The van der Waals surface area contributed by atoms with Gasteiger partial charge in [-0.05, 0) is 38.5 Å². The molecule has 1 unspecified atom stereocenters. The lowest BCUT2D eigenvalue weighted by Crippen LogP contribution is -2.22. The molecule has 0 radical (unpaired) electrons. The van der Waals surface area contributed by atoms with E-state index >= 15 is 0 Å². The maximum atomic E-state index is 13.4. The summed E-state index contributed by atoms with van der Waals surface area (Å²) in [5, 5.41) is 17.6. The van der Waals surface area contributed by atoms with Crippen molar-refractivity contribution in [2.45, 2.75) is 39.0 Å². The van der Waals surface area contributed by atoms with Crippen LogP contribution >= 0.6 is 11.6 Å². The third kappa shape index (κ3) is 4.29. The van der Waals surface area contributed by atoms with Crippen molar-refractivity contribution < 1.29 is 9.50 Å². The van der Waals surface area contributed by atoms with Gasteiger partial charge >= 0.3 is 0 Å². The van der Waals surface area contributed by atoms with Crippen LogP contribution in [-0.4, -0.2) is 21.4 Å². The molecule has 6 heteroatoms. The number of aliphatic hydroxyl groups excluding tert-OH is 1. The summed E-state index contributed by atoms with van der Waals surface area (Å²) < 4.78 is 15.3. The second-order valence-corrected chi connectivity index (χ2v) is 6.69. The summed E-state index contributed by atoms with van der Waals surface area (Å²) in [5.41, 5.74) is 1.47. The number of rotatable bonds is 5. The molecule has 1 atom stereocenters. The first-order valence-corrected chi connectivity index (χ1v) is 7.53. The number of halogens is 2. The van der Waals surface area contributed by atoms with Crippen LogP contribution in [0.5, 0.6) is 0 Å². The quantitative estimate of drug-likeness (QED) is 0.887. The van der Waals surface area contributed by atoms with Gasteiger partial charge in [0.15, 0.2) is 0 Å². The van der Waals surface area contributed by atoms with Gasteiger partial charge in [-0.15, -0.1) is 0 Å². The lowest BCUT2D eigenvalue weighted by atomic mass is 10.1. The fourth-order valence-electron chi connectivity index (χ4n) is 2.01. The van der Waals surface area contributed by atoms with E-state index in [0.717, 1.165) is 5.56 Å². The lowest BCUT2D eigenvalue weighted by Gasteiger charge is -2.18. The van der Waals surface area contributed by atoms with Crippen LogP contribution in [0.1, 0.15) is 38.0 Å². The summed E-state index contributed by atoms with van der Waals surface area (Å²) in [6.45, 7) is 7.15. The predicted molar refractivity (Wildman–Crippen MR) is 85.3 cm³/mol. The predicted octanol–water partition coefficient (Wildman–Crippen LogP) is 3.25. The van der Waals surface area contributed by atoms with Crippen LogP contribution in [0.4, 0.5) is 4.39 Å². The van der Waals surface area contributed by atoms with E-state index in [4.69, 9.17) is 11.6 Å². The summed E-state index contributed by atoms with van der Waals surface area (Å²) in [6, 6.07) is 4.32. The maximum Gasteiger partial charge on any atom is 0.142 e. The molecule has 0 bridgehead atoms. The van der Waals surface area contributed by atoms with Crippen molar-refractivity contribution in [2.24, 2.45) is 0 Å². The number of aromatic nitrogens is 2. The second kappa shape index (κ2) is 6.77. The largest absolute Gasteiger partial charge is 0.387 e. The Morgan fingerprint density at radius 2 is 2.14 bits per heavy atom. The van der Waals surface area contributed by atoms with Crippen LogP contribution in [0.15, 0.2) is 30.6 Å². The molecule has 1 aromatic heterocycles. The first-order valence-electron chi connectivity index (χ1n) is 7.15. The van der Waals surface area contributed by atoms with Crippen molar-refractivity contribution in [1.82, 2.24) is 15.1 Å². The highest BCUT2D eigenvalue weighted by Crippen LogP contribution is 2.20. The van der Waals surface area contributed by atoms with Crippen LogP contribution in [0, 0.1) is 5.82 Å². The number of hydrogen-bond acceptors (Lipinski definition) is 3. The molecule has 0 fully saturated rings. The van der Waals surface area contributed by atoms with E-state index in [0.29, 0.717) is 18.7 Å². The van der Waals surface area contributed by atoms with Crippen molar-refractivity contribution in [1.29, 1.82) is 0 Å². The van der Waals surface area contributed by atoms with Crippen LogP contribution in [0.25, 0.3) is 0 Å². The Kier molecular flexibility index (Phi) is 5.21. The monoisotopic (exact) mass is 325 g/mol. The number of hydrogen-bond donors (Lipinski definition) is 2. The van der Waals surface area contributed by atoms with Gasteiger partial charge in [0, 0.05) is 24.8 Å². The highest BCUT2D eigenvalue weighted by molar-refractivity contribution is 6.30. The van der Waals surface area contributed by atoms with Gasteiger partial charge < -0.3 is 10.4 Å². The van der Waals surface area contributed by atoms with Gasteiger partial charge in [0.25, 0.3) is 0 Å². The van der Waals surface area contributed by atoms with Crippen LogP contribution in [0.3, 0.4) is 0 Å². The van der Waals surface area contributed by atoms with Crippen molar-refractivity contribution in [2.75, 3.05) is 6.54 Å². The van der Waals surface area contributed by atoms with Gasteiger partial charge in [-0.2, -0.15) is 5.10 Å². The van der Waals surface area contributed by atoms with E-state index in [1.165, 1.54) is 12.1 Å². The van der Waals surface area contributed by atoms with Gasteiger partial charge in [0.2, 0.25) is 0 Å². The molecule has 1 aromatic carbocycles. The Morgan fingerprint density at radius 1 is 1.41 bits per heavy atom. The molecule has 2 rings (SSSR count). The van der Waals surface area contributed by atoms with E-state index in [9.17, 15) is 9.50 Å². The van der Waals surface area contributed by atoms with Crippen molar-refractivity contribution in [3.8, 4) is 0 Å². The average Bonchev–Trinajstić information content (AvgIpc) is 2.90. The molecule has 0 aliphatic rings. The minimum Gasteiger partial charge on any atom is -0.387 e. The Hall–Kier alpha value is -1.43. The van der Waals surface area contributed by atoms with E-state index in [1.807, 2.05) is 10.9 Å². The molecule has 22 heavy (non-hydrogen) atoms. The summed E-state index contributed by atoms with van der Waals surface area (Å²) >= 11 is 5.63. The second-order valence-electron chi connectivity index (χ2n) is 6.28. The Bertz CT molecular complexity index is 637. The molecule has 0 amide bonds. The van der Waals surface area contributed by atoms with Gasteiger partial charge in [0.1, 0.15) is 5.82 Å². The van der Waals surface area contributed by atoms with E-state index < -0.39 is 11.9 Å². The normalized spacial score (nSPS) is 13.4. The minimum atomic E-state index is -0.788. The zero-order chi connectivity index (χ0) is 16.3. The molecule has 0 aliphatic carbocycles. The Balaban J connectivity index is 1.88. The molecule has 0 aliphatic heterocycles. The van der Waals surface area contributed by atoms with E-state index in [-0.39, 0.29) is 10.6 Å². The molecule has 4 nitrogen and oxygen atoms in total. The van der Waals surface area contributed by atoms with Crippen LogP contribution in [-0.2, 0) is 12.1 Å². The molecule has 0 saturated carbocycles. The van der Waals surface area contributed by atoms with Crippen molar-refractivity contribution >= 4 is 11.6 Å². The molecular formula is C16H21ClFN3O. The zero-order valence-corrected chi connectivity index (χ0v) is 13.7. The van der Waals surface area contributed by atoms with Crippen molar-refractivity contribution in [3.05, 3.63) is 52.6 Å². The minimum absolute atomic E-state index is 0.0542. The van der Waals surface area contributed by atoms with Crippen LogP contribution in [0.2, 0.25) is 5.02 Å². The summed E-state index contributed by atoms with van der Waals surface area (Å²) in [4.78, 5) is 0. The van der Waals surface area contributed by atoms with Crippen molar-refractivity contribution in [3.63, 3.8) is 0 Å². The fraction of sp³-hybridized carbons (Fsp3) is 0.438. The summed E-state index contributed by atoms with van der Waals surface area (Å²) in [6.07, 6.45) is 2.98. The first-order chi connectivity index (χ1) is 10.3. The third-order valence-corrected chi connectivity index (χ3v) is 3.63. The lowest BCUT2D eigenvalue weighted by molar-refractivity contribution is 0.174. The van der Waals surface area contributed by atoms with Gasteiger partial charge in [-0.1, -0.05) is 17.7 Å². The molecule has 2 aromatic rings. The Labute approximate surface area is 134 Å². The maximum absolute atomic E-state index is 13.4. The molecule has 2 N–H and O–H groups in total. The molecule has 0 saturated heterocycles. The number of aliphatic hydroxyl groups is 1. The van der Waals surface area contributed by atoms with Gasteiger partial charge in [-0.25, -0.2) is 4.39 Å². The third-order valence-electron chi connectivity index (χ3n) is 3.32. The SMILES string of the molecule is CC(C)(C)n1cc(CNCC(O)c2ccc(Cl)c(F)c2)cn1. The smallest absolute Gasteiger partial charge is 0.142 e. The van der Waals surface area contributed by atoms with E-state index in [2.05, 4.69) is 31.2 Å². The molecule has 120 valence electrons. The van der Waals surface area contributed by atoms with E-state index in [1.54, 1.807) is 12.3 Å². The standard InChI is InChI=1S/C16H21ClFN3O/c1-16(2,3)21-10-11(8-20-21)7-19-9-15(22)12-4-5-13(17)14(18)6-12/h4-6,8,10,15,19,22H,7,9H2,1-3H3. The van der Waals surface area contributed by atoms with Crippen LogP contribution < -0.4 is 5.32 Å². The number of nitrogens with one attached hydrogen (secondary N) is 1.